The van der Waals surface area contributed by atoms with Gasteiger partial charge in [-0.2, -0.15) is 0 Å². The maximum Gasteiger partial charge on any atom is 0.0791 e. The van der Waals surface area contributed by atoms with Crippen LogP contribution in [0, 0.1) is 5.92 Å². The maximum absolute atomic E-state index is 8.36. The van der Waals surface area contributed by atoms with Crippen molar-refractivity contribution in [3.05, 3.63) is 36.6 Å². The lowest BCUT2D eigenvalue weighted by molar-refractivity contribution is 0.419. The first-order valence-electron chi connectivity index (χ1n) is 5.07. The van der Waals surface area contributed by atoms with E-state index in [0.29, 0.717) is 0 Å². The molecule has 1 saturated carbocycles. The molecule has 72 valence electrons. The third-order valence-corrected chi connectivity index (χ3v) is 2.45. The second-order valence-corrected chi connectivity index (χ2v) is 3.51. The van der Waals surface area contributed by atoms with Gasteiger partial charge in [-0.05, 0) is 24.8 Å². The number of aliphatic hydroxyl groups excluding tert-OH is 1. The van der Waals surface area contributed by atoms with E-state index in [-0.39, 0.29) is 0 Å². The van der Waals surface area contributed by atoms with E-state index in [1.54, 1.807) is 6.08 Å². The summed E-state index contributed by atoms with van der Waals surface area (Å²) in [6, 6.07) is 0. The third-order valence-electron chi connectivity index (χ3n) is 2.45. The Bertz CT molecular complexity index is 195. The Morgan fingerprint density at radius 1 is 0.846 bits per heavy atom. The van der Waals surface area contributed by atoms with Crippen LogP contribution < -0.4 is 0 Å². The average molecular weight is 178 g/mol. The van der Waals surface area contributed by atoms with Gasteiger partial charge in [0.1, 0.15) is 0 Å². The molecule has 0 unspecified atom stereocenters. The van der Waals surface area contributed by atoms with Crippen LogP contribution in [0.3, 0.4) is 0 Å². The molecule has 1 rings (SSSR count). The van der Waals surface area contributed by atoms with E-state index >= 15 is 0 Å². The van der Waals surface area contributed by atoms with Crippen LogP contribution in [0.5, 0.6) is 0 Å². The molecule has 0 aliphatic heterocycles. The van der Waals surface area contributed by atoms with Crippen LogP contribution in [0.25, 0.3) is 0 Å². The SMILES string of the molecule is O/C=C/C=C/C=C/C1CCCCC1. The summed E-state index contributed by atoms with van der Waals surface area (Å²) in [4.78, 5) is 0. The summed E-state index contributed by atoms with van der Waals surface area (Å²) in [6.07, 6.45) is 17.7. The predicted molar refractivity (Wildman–Crippen MR) is 56.6 cm³/mol. The summed E-state index contributed by atoms with van der Waals surface area (Å²) in [7, 11) is 0. The van der Waals surface area contributed by atoms with Gasteiger partial charge in [0.05, 0.1) is 6.26 Å². The van der Waals surface area contributed by atoms with Crippen LogP contribution in [-0.4, -0.2) is 5.11 Å². The molecule has 0 heterocycles. The van der Waals surface area contributed by atoms with E-state index in [1.165, 1.54) is 32.1 Å². The summed E-state index contributed by atoms with van der Waals surface area (Å²) in [6.45, 7) is 0. The Labute approximate surface area is 80.5 Å². The highest BCUT2D eigenvalue weighted by atomic mass is 16.2. The highest BCUT2D eigenvalue weighted by Gasteiger charge is 2.08. The number of allylic oxidation sites excluding steroid dienone is 5. The second-order valence-electron chi connectivity index (χ2n) is 3.51. The van der Waals surface area contributed by atoms with Crippen LogP contribution in [0.2, 0.25) is 0 Å². The van der Waals surface area contributed by atoms with Crippen molar-refractivity contribution in [2.45, 2.75) is 32.1 Å². The van der Waals surface area contributed by atoms with Crippen molar-refractivity contribution in [2.75, 3.05) is 0 Å². The zero-order valence-corrected chi connectivity index (χ0v) is 8.02. The summed E-state index contributed by atoms with van der Waals surface area (Å²) < 4.78 is 0. The third kappa shape index (κ3) is 4.56. The van der Waals surface area contributed by atoms with E-state index in [4.69, 9.17) is 5.11 Å². The van der Waals surface area contributed by atoms with Crippen molar-refractivity contribution in [3.8, 4) is 0 Å². The fourth-order valence-electron chi connectivity index (χ4n) is 1.73. The van der Waals surface area contributed by atoms with Crippen LogP contribution in [0.1, 0.15) is 32.1 Å². The normalized spacial score (nSPS) is 20.9. The highest BCUT2D eigenvalue weighted by Crippen LogP contribution is 2.24. The Kier molecular flexibility index (Phi) is 5.07. The van der Waals surface area contributed by atoms with Gasteiger partial charge in [-0.15, -0.1) is 0 Å². The maximum atomic E-state index is 8.36. The van der Waals surface area contributed by atoms with Crippen molar-refractivity contribution in [1.29, 1.82) is 0 Å². The molecule has 0 aromatic heterocycles. The minimum Gasteiger partial charge on any atom is -0.516 e. The molecule has 1 N–H and O–H groups in total. The number of aliphatic hydroxyl groups is 1. The Morgan fingerprint density at radius 2 is 1.54 bits per heavy atom. The fourth-order valence-corrected chi connectivity index (χ4v) is 1.73. The van der Waals surface area contributed by atoms with Gasteiger partial charge in [0.2, 0.25) is 0 Å². The topological polar surface area (TPSA) is 20.2 Å². The molecule has 1 aliphatic rings. The molecule has 1 nitrogen and oxygen atoms in total. The summed E-state index contributed by atoms with van der Waals surface area (Å²) in [5.41, 5.74) is 0. The zero-order chi connectivity index (χ0) is 9.36. The van der Waals surface area contributed by atoms with E-state index < -0.39 is 0 Å². The monoisotopic (exact) mass is 178 g/mol. The van der Waals surface area contributed by atoms with Crippen LogP contribution in [0.15, 0.2) is 36.6 Å². The lowest BCUT2D eigenvalue weighted by Gasteiger charge is -2.17. The number of rotatable bonds is 3. The summed E-state index contributed by atoms with van der Waals surface area (Å²) in [5.74, 6) is 0.788. The summed E-state index contributed by atoms with van der Waals surface area (Å²) in [5, 5.41) is 8.36. The Balaban J connectivity index is 2.21. The molecule has 0 aromatic carbocycles. The largest absolute Gasteiger partial charge is 0.516 e. The fraction of sp³-hybridized carbons (Fsp3) is 0.500. The predicted octanol–water partition coefficient (Wildman–Crippen LogP) is 3.75. The van der Waals surface area contributed by atoms with E-state index in [2.05, 4.69) is 12.2 Å². The zero-order valence-electron chi connectivity index (χ0n) is 8.02. The molecule has 0 saturated heterocycles. The second kappa shape index (κ2) is 6.53. The first-order chi connectivity index (χ1) is 6.43. The smallest absolute Gasteiger partial charge is 0.0791 e. The minimum atomic E-state index is 0.788. The average Bonchev–Trinajstić information content (AvgIpc) is 2.19. The Hall–Kier alpha value is -0.980. The van der Waals surface area contributed by atoms with Gasteiger partial charge in [0.15, 0.2) is 0 Å². The summed E-state index contributed by atoms with van der Waals surface area (Å²) >= 11 is 0. The molecule has 1 heteroatoms. The van der Waals surface area contributed by atoms with Gasteiger partial charge in [-0.25, -0.2) is 0 Å². The molecule has 0 amide bonds. The van der Waals surface area contributed by atoms with Crippen LogP contribution in [-0.2, 0) is 0 Å². The first-order valence-corrected chi connectivity index (χ1v) is 5.07. The van der Waals surface area contributed by atoms with Crippen molar-refractivity contribution in [3.63, 3.8) is 0 Å². The van der Waals surface area contributed by atoms with Gasteiger partial charge in [-0.1, -0.05) is 43.6 Å². The van der Waals surface area contributed by atoms with E-state index in [1.807, 2.05) is 12.2 Å². The van der Waals surface area contributed by atoms with Crippen molar-refractivity contribution in [1.82, 2.24) is 0 Å². The molecule has 0 aromatic rings. The number of hydrogen-bond donors (Lipinski definition) is 1. The lowest BCUT2D eigenvalue weighted by atomic mass is 9.89. The molecule has 1 fully saturated rings. The molecule has 0 spiro atoms. The van der Waals surface area contributed by atoms with Crippen molar-refractivity contribution < 1.29 is 5.11 Å². The van der Waals surface area contributed by atoms with Crippen LogP contribution in [0.4, 0.5) is 0 Å². The quantitative estimate of drug-likeness (QED) is 0.515. The lowest BCUT2D eigenvalue weighted by Crippen LogP contribution is -2.02. The van der Waals surface area contributed by atoms with Crippen molar-refractivity contribution >= 4 is 0 Å². The van der Waals surface area contributed by atoms with Gasteiger partial charge < -0.3 is 5.11 Å². The van der Waals surface area contributed by atoms with Gasteiger partial charge in [0, 0.05) is 0 Å². The van der Waals surface area contributed by atoms with E-state index in [9.17, 15) is 0 Å². The van der Waals surface area contributed by atoms with Crippen molar-refractivity contribution in [2.24, 2.45) is 5.92 Å². The standard InChI is InChI=1S/C12H18O/c13-11-7-2-1-4-8-12-9-5-3-6-10-12/h1-2,4,7-8,11-13H,3,5-6,9-10H2/b2-1+,8-4+,11-7+. The molecule has 0 atom stereocenters. The molecule has 1 aliphatic carbocycles. The van der Waals surface area contributed by atoms with Gasteiger partial charge >= 0.3 is 0 Å². The van der Waals surface area contributed by atoms with Gasteiger partial charge in [-0.3, -0.25) is 0 Å². The molecular formula is C12H18O. The first kappa shape index (κ1) is 10.1. The molecule has 0 bridgehead atoms. The molecule has 0 radical (unpaired) electrons. The van der Waals surface area contributed by atoms with E-state index in [0.717, 1.165) is 12.2 Å². The minimum absolute atomic E-state index is 0.788. The van der Waals surface area contributed by atoms with Gasteiger partial charge in [0.25, 0.3) is 0 Å². The number of hydrogen-bond acceptors (Lipinski definition) is 1. The highest BCUT2D eigenvalue weighted by molar-refractivity contribution is 5.10. The van der Waals surface area contributed by atoms with Crippen LogP contribution >= 0.6 is 0 Å². The molecular weight excluding hydrogens is 160 g/mol. The molecule has 13 heavy (non-hydrogen) atoms. The Morgan fingerprint density at radius 3 is 2.23 bits per heavy atom.